The van der Waals surface area contributed by atoms with Crippen LogP contribution in [0.4, 0.5) is 4.39 Å². The fourth-order valence-electron chi connectivity index (χ4n) is 5.65. The quantitative estimate of drug-likeness (QED) is 0.351. The second kappa shape index (κ2) is 13.8. The zero-order chi connectivity index (χ0) is 27.8. The number of hydrogen-bond acceptors (Lipinski definition) is 6. The molecular weight excluding hydrogens is 499 g/mol. The number of aliphatic carboxylic acids is 1. The van der Waals surface area contributed by atoms with E-state index in [1.54, 1.807) is 6.07 Å². The summed E-state index contributed by atoms with van der Waals surface area (Å²) < 4.78 is 20.6. The molecule has 0 spiro atoms. The van der Waals surface area contributed by atoms with Crippen molar-refractivity contribution in [2.45, 2.75) is 96.9 Å². The summed E-state index contributed by atoms with van der Waals surface area (Å²) in [4.78, 5) is 30.0. The van der Waals surface area contributed by atoms with Gasteiger partial charge in [0.15, 0.2) is 5.58 Å². The highest BCUT2D eigenvalue weighted by molar-refractivity contribution is 5.79. The SMILES string of the molecule is CCCCCCC(=O)O.Cc1nc2n(c(=O)c1CCN1CCC(c3noc4cc(F)ccc34)CC1)CCCC2. The highest BCUT2D eigenvalue weighted by Gasteiger charge is 2.26. The van der Waals surface area contributed by atoms with Gasteiger partial charge in [0.05, 0.1) is 5.69 Å². The molecule has 39 heavy (non-hydrogen) atoms. The number of aromatic nitrogens is 3. The number of fused-ring (bicyclic) bond motifs is 2. The van der Waals surface area contributed by atoms with Gasteiger partial charge in [-0.1, -0.05) is 31.3 Å². The predicted octanol–water partition coefficient (Wildman–Crippen LogP) is 5.63. The Morgan fingerprint density at radius 3 is 2.69 bits per heavy atom. The van der Waals surface area contributed by atoms with Crippen LogP contribution in [0, 0.1) is 12.7 Å². The van der Waals surface area contributed by atoms with Crippen LogP contribution in [0.25, 0.3) is 11.0 Å². The third-order valence-electron chi connectivity index (χ3n) is 7.94. The molecule has 0 radical (unpaired) electrons. The standard InChI is InChI=1S/C23H27FN4O2.C7H14O2/c1-15-18(23(29)28-10-3-2-4-21(28)25-15)9-13-27-11-7-16(8-12-27)22-19-6-5-17(24)14-20(19)30-26-22;1-2-3-4-5-6-7(8)9/h5-6,14,16H,2-4,7-13H2,1H3;2-6H2,1H3,(H,8,9). The zero-order valence-corrected chi connectivity index (χ0v) is 23.3. The Morgan fingerprint density at radius 1 is 1.15 bits per heavy atom. The summed E-state index contributed by atoms with van der Waals surface area (Å²) in [6.45, 7) is 7.67. The molecule has 212 valence electrons. The van der Waals surface area contributed by atoms with Crippen molar-refractivity contribution in [2.24, 2.45) is 0 Å². The highest BCUT2D eigenvalue weighted by atomic mass is 19.1. The Labute approximate surface area is 229 Å². The lowest BCUT2D eigenvalue weighted by Crippen LogP contribution is -2.37. The molecule has 1 aromatic carbocycles. The first-order chi connectivity index (χ1) is 18.9. The first-order valence-corrected chi connectivity index (χ1v) is 14.5. The van der Waals surface area contributed by atoms with E-state index in [0.29, 0.717) is 17.9 Å². The maximum absolute atomic E-state index is 13.4. The van der Waals surface area contributed by atoms with E-state index in [1.165, 1.54) is 18.6 Å². The number of nitrogens with zero attached hydrogens (tertiary/aromatic N) is 4. The van der Waals surface area contributed by atoms with Gasteiger partial charge >= 0.3 is 5.97 Å². The molecular formula is C30H41FN4O4. The van der Waals surface area contributed by atoms with Crippen molar-refractivity contribution in [1.29, 1.82) is 0 Å². The lowest BCUT2D eigenvalue weighted by Gasteiger charge is -2.31. The second-order valence-corrected chi connectivity index (χ2v) is 10.8. The van der Waals surface area contributed by atoms with Gasteiger partial charge in [-0.25, -0.2) is 9.37 Å². The summed E-state index contributed by atoms with van der Waals surface area (Å²) in [5.41, 5.74) is 3.38. The Bertz CT molecular complexity index is 1310. The molecule has 9 heteroatoms. The molecule has 0 bridgehead atoms. The van der Waals surface area contributed by atoms with E-state index in [-0.39, 0.29) is 11.4 Å². The molecule has 1 saturated heterocycles. The molecule has 0 saturated carbocycles. The van der Waals surface area contributed by atoms with E-state index in [1.807, 2.05) is 11.5 Å². The molecule has 0 unspecified atom stereocenters. The molecule has 2 aliphatic heterocycles. The van der Waals surface area contributed by atoms with Crippen molar-refractivity contribution < 1.29 is 18.8 Å². The summed E-state index contributed by atoms with van der Waals surface area (Å²) >= 11 is 0. The smallest absolute Gasteiger partial charge is 0.303 e. The average molecular weight is 541 g/mol. The normalized spacial score (nSPS) is 16.1. The van der Waals surface area contributed by atoms with Gasteiger partial charge in [0.2, 0.25) is 0 Å². The molecule has 1 N–H and O–H groups in total. The second-order valence-electron chi connectivity index (χ2n) is 10.8. The van der Waals surface area contributed by atoms with Crippen LogP contribution in [0.2, 0.25) is 0 Å². The van der Waals surface area contributed by atoms with Crippen LogP contribution < -0.4 is 5.56 Å². The van der Waals surface area contributed by atoms with E-state index in [0.717, 1.165) is 112 Å². The van der Waals surface area contributed by atoms with Gasteiger partial charge in [-0.2, -0.15) is 0 Å². The Kier molecular flexibility index (Phi) is 10.3. The lowest BCUT2D eigenvalue weighted by molar-refractivity contribution is -0.137. The third kappa shape index (κ3) is 7.53. The minimum Gasteiger partial charge on any atom is -0.481 e. The minimum atomic E-state index is -0.675. The molecule has 2 aromatic heterocycles. The summed E-state index contributed by atoms with van der Waals surface area (Å²) in [6, 6.07) is 4.63. The van der Waals surface area contributed by atoms with Crippen LogP contribution in [0.1, 0.15) is 93.4 Å². The van der Waals surface area contributed by atoms with Gasteiger partial charge in [-0.05, 0) is 70.7 Å². The molecule has 5 rings (SSSR count). The van der Waals surface area contributed by atoms with Gasteiger partial charge in [-0.15, -0.1) is 0 Å². The van der Waals surface area contributed by atoms with Crippen LogP contribution >= 0.6 is 0 Å². The molecule has 1 fully saturated rings. The number of hydrogen-bond donors (Lipinski definition) is 1. The number of aryl methyl sites for hydroxylation is 2. The maximum Gasteiger partial charge on any atom is 0.303 e. The zero-order valence-electron chi connectivity index (χ0n) is 23.3. The summed E-state index contributed by atoms with van der Waals surface area (Å²) in [7, 11) is 0. The number of carbonyl (C=O) groups is 1. The first kappa shape index (κ1) is 28.9. The van der Waals surface area contributed by atoms with Crippen molar-refractivity contribution in [3.8, 4) is 0 Å². The van der Waals surface area contributed by atoms with Crippen LogP contribution in [0.3, 0.4) is 0 Å². The van der Waals surface area contributed by atoms with Crippen molar-refractivity contribution in [1.82, 2.24) is 19.6 Å². The number of carboxylic acid groups (broad SMARTS) is 1. The highest BCUT2D eigenvalue weighted by Crippen LogP contribution is 2.32. The van der Waals surface area contributed by atoms with Crippen molar-refractivity contribution in [3.63, 3.8) is 0 Å². The number of benzene rings is 1. The van der Waals surface area contributed by atoms with Gasteiger partial charge in [0.1, 0.15) is 11.6 Å². The Morgan fingerprint density at radius 2 is 1.95 bits per heavy atom. The number of carboxylic acids is 1. The van der Waals surface area contributed by atoms with Gasteiger partial charge in [0, 0.05) is 54.6 Å². The molecule has 0 atom stereocenters. The fourth-order valence-corrected chi connectivity index (χ4v) is 5.65. The van der Waals surface area contributed by atoms with Crippen LogP contribution in [-0.2, 0) is 24.2 Å². The van der Waals surface area contributed by atoms with Gasteiger partial charge in [-0.3, -0.25) is 14.2 Å². The largest absolute Gasteiger partial charge is 0.481 e. The topological polar surface area (TPSA) is 101 Å². The lowest BCUT2D eigenvalue weighted by atomic mass is 9.91. The van der Waals surface area contributed by atoms with Gasteiger partial charge < -0.3 is 14.5 Å². The monoisotopic (exact) mass is 540 g/mol. The van der Waals surface area contributed by atoms with Crippen LogP contribution in [0.15, 0.2) is 27.5 Å². The molecule has 0 amide bonds. The summed E-state index contributed by atoms with van der Waals surface area (Å²) in [6.07, 6.45) is 10.4. The van der Waals surface area contributed by atoms with Crippen molar-refractivity contribution in [2.75, 3.05) is 19.6 Å². The minimum absolute atomic E-state index is 0.161. The Balaban J connectivity index is 0.000000340. The molecule has 2 aliphatic rings. The van der Waals surface area contributed by atoms with E-state index in [2.05, 4.69) is 17.0 Å². The predicted molar refractivity (Wildman–Crippen MR) is 149 cm³/mol. The van der Waals surface area contributed by atoms with Crippen LogP contribution in [-0.4, -0.2) is 50.3 Å². The number of likely N-dealkylation sites (tertiary alicyclic amines) is 1. The number of rotatable bonds is 9. The average Bonchev–Trinajstić information content (AvgIpc) is 3.34. The number of piperidine rings is 1. The van der Waals surface area contributed by atoms with E-state index in [9.17, 15) is 14.0 Å². The van der Waals surface area contributed by atoms with Crippen LogP contribution in [0.5, 0.6) is 0 Å². The van der Waals surface area contributed by atoms with E-state index >= 15 is 0 Å². The molecule has 0 aliphatic carbocycles. The maximum atomic E-state index is 13.4. The van der Waals surface area contributed by atoms with Crippen molar-refractivity contribution in [3.05, 3.63) is 57.1 Å². The molecule has 3 aromatic rings. The summed E-state index contributed by atoms with van der Waals surface area (Å²) in [5, 5.41) is 13.4. The third-order valence-corrected chi connectivity index (χ3v) is 7.94. The molecule has 4 heterocycles. The van der Waals surface area contributed by atoms with Crippen molar-refractivity contribution >= 4 is 16.9 Å². The molecule has 8 nitrogen and oxygen atoms in total. The Hall–Kier alpha value is -3.07. The van der Waals surface area contributed by atoms with E-state index in [4.69, 9.17) is 14.6 Å². The van der Waals surface area contributed by atoms with E-state index < -0.39 is 5.97 Å². The van der Waals surface area contributed by atoms with Gasteiger partial charge in [0.25, 0.3) is 5.56 Å². The first-order valence-electron chi connectivity index (χ1n) is 14.5. The number of unbranched alkanes of at least 4 members (excludes halogenated alkanes) is 3. The number of halogens is 1. The fraction of sp³-hybridized carbons (Fsp3) is 0.600. The summed E-state index contributed by atoms with van der Waals surface area (Å²) in [5.74, 6) is 0.299.